The van der Waals surface area contributed by atoms with Gasteiger partial charge in [0, 0.05) is 50.9 Å². The fourth-order valence-electron chi connectivity index (χ4n) is 11.2. The van der Waals surface area contributed by atoms with Crippen LogP contribution in [0, 0.1) is 17.8 Å². The summed E-state index contributed by atoms with van der Waals surface area (Å²) in [5.41, 5.74) is 3.41. The van der Waals surface area contributed by atoms with Crippen LogP contribution < -0.4 is 56.7 Å². The van der Waals surface area contributed by atoms with E-state index in [-0.39, 0.29) is 44.6 Å². The minimum atomic E-state index is -1.82. The van der Waals surface area contributed by atoms with Crippen molar-refractivity contribution in [1.29, 1.82) is 0 Å². The first-order valence-corrected chi connectivity index (χ1v) is 32.6. The first-order valence-electron chi connectivity index (χ1n) is 32.6. The van der Waals surface area contributed by atoms with Crippen molar-refractivity contribution < 1.29 is 107 Å². The average Bonchev–Trinajstić information content (AvgIpc) is 0.873. The molecule has 30 nitrogen and oxygen atoms in total. The van der Waals surface area contributed by atoms with Crippen LogP contribution in [0.15, 0.2) is 121 Å². The second-order valence-electron chi connectivity index (χ2n) is 24.9. The lowest BCUT2D eigenvalue weighted by Gasteiger charge is -2.25. The number of carboxylic acids is 4. The highest BCUT2D eigenvalue weighted by molar-refractivity contribution is 5.99. The molecule has 5 aliphatic rings. The molecule has 0 spiro atoms. The molecular formula is C72H80N8O22. The topological polar surface area (TPSA) is 461 Å². The molecule has 8 amide bonds. The van der Waals surface area contributed by atoms with Crippen molar-refractivity contribution in [3.63, 3.8) is 0 Å². The molecule has 0 saturated heterocycles. The number of fused-ring (bicyclic) bond motifs is 20. The average molecular weight is 1410 g/mol. The lowest BCUT2D eigenvalue weighted by molar-refractivity contribution is -0.143. The number of carbonyl (C=O) groups is 15. The van der Waals surface area contributed by atoms with E-state index >= 15 is 0 Å². The van der Waals surface area contributed by atoms with Crippen LogP contribution in [0.4, 0.5) is 0 Å². The molecule has 5 heterocycles. The minimum Gasteiger partial charge on any atom is -0.489 e. The second-order valence-corrected chi connectivity index (χ2v) is 24.9. The third-order valence-electron chi connectivity index (χ3n) is 16.6. The summed E-state index contributed by atoms with van der Waals surface area (Å²) in [6, 6.07) is 22.9. The van der Waals surface area contributed by atoms with Crippen molar-refractivity contribution in [2.75, 3.05) is 13.1 Å². The predicted octanol–water partition coefficient (Wildman–Crippen LogP) is 2.28. The number of rotatable bonds is 11. The molecule has 5 aromatic carbocycles. The zero-order valence-corrected chi connectivity index (χ0v) is 56.0. The number of hydrogen-bond donors (Lipinski definition) is 12. The minimum absolute atomic E-state index is 0.0401. The predicted molar refractivity (Wildman–Crippen MR) is 358 cm³/mol. The fourth-order valence-corrected chi connectivity index (χ4v) is 11.2. The molecule has 0 aromatic heterocycles. The molecule has 30 heteroatoms. The van der Waals surface area contributed by atoms with E-state index < -0.39 is 201 Å². The Morgan fingerprint density at radius 1 is 0.471 bits per heavy atom. The number of nitrogens with one attached hydrogen (secondary N) is 8. The number of amides is 8. The Bertz CT molecular complexity index is 3920. The summed E-state index contributed by atoms with van der Waals surface area (Å²) in [6.45, 7) is 1.86. The van der Waals surface area contributed by atoms with Crippen LogP contribution in [-0.2, 0) is 111 Å². The summed E-state index contributed by atoms with van der Waals surface area (Å²) < 4.78 is 18.7. The number of benzene rings is 5. The van der Waals surface area contributed by atoms with Crippen LogP contribution in [0.5, 0.6) is 17.2 Å². The molecule has 102 heavy (non-hydrogen) atoms. The normalized spacial score (nSPS) is 22.3. The molecule has 0 radical (unpaired) electrons. The molecule has 0 unspecified atom stereocenters. The van der Waals surface area contributed by atoms with Crippen LogP contribution in [0.25, 0.3) is 0 Å². The lowest BCUT2D eigenvalue weighted by Crippen LogP contribution is -2.57. The van der Waals surface area contributed by atoms with Gasteiger partial charge in [0.2, 0.25) is 47.3 Å². The van der Waals surface area contributed by atoms with Crippen molar-refractivity contribution in [3.8, 4) is 17.2 Å². The molecule has 5 aliphatic heterocycles. The molecule has 10 bridgehead atoms. The van der Waals surface area contributed by atoms with E-state index in [4.69, 9.17) is 14.2 Å². The largest absolute Gasteiger partial charge is 0.489 e. The molecule has 5 aromatic rings. The molecule has 12 N–H and O–H groups in total. The molecular weight excluding hydrogens is 1330 g/mol. The Balaban J connectivity index is 1.28. The summed E-state index contributed by atoms with van der Waals surface area (Å²) in [5.74, 6) is -19.5. The quantitative estimate of drug-likeness (QED) is 0.0844. The van der Waals surface area contributed by atoms with E-state index in [9.17, 15) is 92.3 Å². The number of aliphatic carboxylic acids is 4. The second kappa shape index (κ2) is 37.4. The van der Waals surface area contributed by atoms with Crippen LogP contribution in [0.2, 0.25) is 0 Å². The van der Waals surface area contributed by atoms with Crippen LogP contribution in [0.3, 0.4) is 0 Å². The van der Waals surface area contributed by atoms with Gasteiger partial charge in [0.1, 0.15) is 55.2 Å². The first kappa shape index (κ1) is 77.5. The number of hydrogen-bond acceptors (Lipinski definition) is 18. The highest BCUT2D eigenvalue weighted by Gasteiger charge is 2.36. The van der Waals surface area contributed by atoms with E-state index in [0.29, 0.717) is 50.6 Å². The molecule has 9 atom stereocenters. The lowest BCUT2D eigenvalue weighted by atomic mass is 9.89. The van der Waals surface area contributed by atoms with Crippen LogP contribution in [-0.4, -0.2) is 152 Å². The van der Waals surface area contributed by atoms with E-state index in [2.05, 4.69) is 42.5 Å². The summed E-state index contributed by atoms with van der Waals surface area (Å²) in [7, 11) is 0. The maximum absolute atomic E-state index is 14.8. The van der Waals surface area contributed by atoms with Gasteiger partial charge in [0.25, 0.3) is 0 Å². The highest BCUT2D eigenvalue weighted by atomic mass is 16.5. The summed E-state index contributed by atoms with van der Waals surface area (Å²) in [6.07, 6.45) is -5.91. The Hall–Kier alpha value is -11.8. The van der Waals surface area contributed by atoms with Crippen molar-refractivity contribution in [2.45, 2.75) is 141 Å². The molecule has 0 aliphatic carbocycles. The first-order chi connectivity index (χ1) is 48.5. The Morgan fingerprint density at radius 2 is 0.990 bits per heavy atom. The van der Waals surface area contributed by atoms with Crippen LogP contribution in [0.1, 0.15) is 111 Å². The van der Waals surface area contributed by atoms with Crippen LogP contribution >= 0.6 is 0 Å². The van der Waals surface area contributed by atoms with E-state index in [1.54, 1.807) is 97.1 Å². The van der Waals surface area contributed by atoms with Gasteiger partial charge in [-0.15, -0.1) is 0 Å². The van der Waals surface area contributed by atoms with E-state index in [1.807, 2.05) is 0 Å². The van der Waals surface area contributed by atoms with Crippen molar-refractivity contribution in [3.05, 3.63) is 160 Å². The number of ether oxygens (including phenoxy) is 3. The standard InChI is InChI=1S/C72H80N8O22/c1-39-59(83)30-50(26-42-7-5-4-6-8-42)67(93)74-35-61(85)80-65(72(98)99)48-13-20-55(21-14-48)102-38-47-24-45-23-46(25-47)37-101-54-18-11-44(12-19-54)28-57(77-41(3)81)71(97)79-58(33-64(90)91)70(96)76-40(2)66(92)73-34-52(82)29-49(15-22-62(86)87)68(94)78-56(27-43-9-16-53(17-10-43)100-36-45)60(84)31-51(32-63(88)89)69(95)75-39/h4-14,16-21,23-25,39-40,49-51,56-58,65H,15,22,26-38H2,1-3H3,(H,73,92)(H,74,93)(H,75,95)(H,76,96)(H,77,81)(H,78,94)(H,79,97)(H,80,85)(H,86,87)(H,88,89)(H,90,91)(H,98,99)/t39-,40-,49+,50+,51-,56-,57-,58-,65-/m0/s1. The molecule has 10 rings (SSSR count). The van der Waals surface area contributed by atoms with Gasteiger partial charge in [-0.05, 0) is 127 Å². The van der Waals surface area contributed by atoms with Gasteiger partial charge in [0.05, 0.1) is 43.9 Å². The number of ketones is 3. The molecule has 0 fully saturated rings. The smallest absolute Gasteiger partial charge is 0.330 e. The third kappa shape index (κ3) is 24.8. The fraction of sp³-hybridized carbons (Fsp3) is 0.375. The van der Waals surface area contributed by atoms with Gasteiger partial charge in [-0.1, -0.05) is 66.7 Å². The molecule has 0 saturated carbocycles. The van der Waals surface area contributed by atoms with Gasteiger partial charge < -0.3 is 77.2 Å². The van der Waals surface area contributed by atoms with E-state index in [0.717, 1.165) is 6.92 Å². The Kier molecular flexibility index (Phi) is 28.4. The highest BCUT2D eigenvalue weighted by Crippen LogP contribution is 2.26. The maximum Gasteiger partial charge on any atom is 0.330 e. The van der Waals surface area contributed by atoms with Gasteiger partial charge in [-0.25, -0.2) is 4.79 Å². The number of carboxylic acid groups (broad SMARTS) is 4. The Labute approximate surface area is 584 Å². The zero-order valence-electron chi connectivity index (χ0n) is 56.0. The summed E-state index contributed by atoms with van der Waals surface area (Å²) in [5, 5.41) is 59.2. The summed E-state index contributed by atoms with van der Waals surface area (Å²) >= 11 is 0. The SMILES string of the molecule is CC(=O)N[C@H]1Cc2ccc(cc2)OCc2cc3cc(c2)COc2ccc(cc2)[C@@H](C(=O)O)NC(=O)CNC(=O)[C@H](Cc2ccccc2)CC(=O)[C@H](C)NC(=O)[C@H](CC(=O)O)CC(=O)[C@H](Cc2ccc(cc2)OC3)NC(=O)[C@H](CCC(=O)O)CC(=O)CNC(=O)[C@H](C)NC(=O)[C@H](CC(=O)O)NC1=O. The van der Waals surface area contributed by atoms with Gasteiger partial charge in [-0.3, -0.25) is 67.1 Å². The maximum atomic E-state index is 14.8. The Morgan fingerprint density at radius 3 is 1.53 bits per heavy atom. The zero-order chi connectivity index (χ0) is 74.2. The van der Waals surface area contributed by atoms with Gasteiger partial charge in [0.15, 0.2) is 23.4 Å². The van der Waals surface area contributed by atoms with Crippen molar-refractivity contribution in [2.24, 2.45) is 17.8 Å². The monoisotopic (exact) mass is 1410 g/mol. The summed E-state index contributed by atoms with van der Waals surface area (Å²) in [4.78, 5) is 201. The molecule has 540 valence electrons. The van der Waals surface area contributed by atoms with E-state index in [1.165, 1.54) is 38.1 Å². The van der Waals surface area contributed by atoms with Gasteiger partial charge >= 0.3 is 23.9 Å². The number of carbonyl (C=O) groups excluding carboxylic acids is 11. The van der Waals surface area contributed by atoms with Crippen molar-refractivity contribution in [1.82, 2.24) is 42.5 Å². The number of Topliss-reactive ketones (excluding diaryl/α,β-unsaturated/α-hetero) is 3. The van der Waals surface area contributed by atoms with Gasteiger partial charge in [-0.2, -0.15) is 0 Å². The third-order valence-corrected chi connectivity index (χ3v) is 16.6. The van der Waals surface area contributed by atoms with Crippen molar-refractivity contribution >= 4 is 88.5 Å².